The zero-order valence-electron chi connectivity index (χ0n) is 18.2. The minimum absolute atomic E-state index is 0.0218. The lowest BCUT2D eigenvalue weighted by Gasteiger charge is -2.38. The molecule has 0 saturated carbocycles. The summed E-state index contributed by atoms with van der Waals surface area (Å²) in [4.78, 5) is 45.1. The number of nitrogens with zero attached hydrogens (tertiary/aromatic N) is 4. The molecule has 3 fully saturated rings. The maximum Gasteiger partial charge on any atom is 0.410 e. The smallest absolute Gasteiger partial charge is 0.410 e. The van der Waals surface area contributed by atoms with Gasteiger partial charge in [-0.25, -0.2) is 4.79 Å². The normalized spacial score (nSPS) is 22.1. The van der Waals surface area contributed by atoms with E-state index in [-0.39, 0.29) is 23.8 Å². The zero-order valence-corrected chi connectivity index (χ0v) is 18.2. The third kappa shape index (κ3) is 6.07. The second-order valence-electron chi connectivity index (χ2n) is 9.43. The molecular weight excluding hydrogens is 372 g/mol. The third-order valence-electron chi connectivity index (χ3n) is 6.00. The minimum atomic E-state index is -0.500. The van der Waals surface area contributed by atoms with Crippen molar-refractivity contribution in [1.82, 2.24) is 19.6 Å². The molecule has 8 nitrogen and oxygen atoms in total. The Bertz CT molecular complexity index is 596. The van der Waals surface area contributed by atoms with Crippen molar-refractivity contribution in [2.75, 3.05) is 58.9 Å². The van der Waals surface area contributed by atoms with Crippen molar-refractivity contribution in [3.8, 4) is 0 Å². The van der Waals surface area contributed by atoms with Crippen LogP contribution in [-0.4, -0.2) is 102 Å². The van der Waals surface area contributed by atoms with Gasteiger partial charge < -0.3 is 19.4 Å². The first-order valence-corrected chi connectivity index (χ1v) is 11.0. The van der Waals surface area contributed by atoms with Gasteiger partial charge in [0.2, 0.25) is 11.8 Å². The number of piperazine rings is 1. The molecule has 3 saturated heterocycles. The van der Waals surface area contributed by atoms with Crippen molar-refractivity contribution < 1.29 is 19.1 Å². The maximum atomic E-state index is 12.9. The Hall–Kier alpha value is -1.83. The van der Waals surface area contributed by atoms with E-state index in [0.717, 1.165) is 39.0 Å². The van der Waals surface area contributed by atoms with Crippen LogP contribution in [0.25, 0.3) is 0 Å². The van der Waals surface area contributed by atoms with Gasteiger partial charge in [-0.15, -0.1) is 0 Å². The van der Waals surface area contributed by atoms with Crippen molar-refractivity contribution in [3.05, 3.63) is 0 Å². The monoisotopic (exact) mass is 408 g/mol. The number of piperidine rings is 1. The predicted molar refractivity (Wildman–Crippen MR) is 109 cm³/mol. The zero-order chi connectivity index (χ0) is 21.0. The van der Waals surface area contributed by atoms with Gasteiger partial charge in [-0.05, 0) is 46.5 Å². The summed E-state index contributed by atoms with van der Waals surface area (Å²) >= 11 is 0. The van der Waals surface area contributed by atoms with E-state index >= 15 is 0 Å². The van der Waals surface area contributed by atoms with Crippen LogP contribution in [0.1, 0.15) is 46.5 Å². The van der Waals surface area contributed by atoms with E-state index in [2.05, 4.69) is 4.90 Å². The highest BCUT2D eigenvalue weighted by Gasteiger charge is 2.33. The molecule has 8 heteroatoms. The van der Waals surface area contributed by atoms with Crippen LogP contribution >= 0.6 is 0 Å². The average Bonchev–Trinajstić information content (AvgIpc) is 3.22. The Morgan fingerprint density at radius 2 is 1.38 bits per heavy atom. The quantitative estimate of drug-likeness (QED) is 0.706. The third-order valence-corrected chi connectivity index (χ3v) is 6.00. The van der Waals surface area contributed by atoms with Crippen molar-refractivity contribution >= 4 is 17.9 Å². The highest BCUT2D eigenvalue weighted by molar-refractivity contribution is 5.80. The van der Waals surface area contributed by atoms with Crippen molar-refractivity contribution in [2.45, 2.75) is 52.1 Å². The first kappa shape index (κ1) is 21.9. The van der Waals surface area contributed by atoms with Crippen LogP contribution < -0.4 is 0 Å². The first-order valence-electron chi connectivity index (χ1n) is 11.0. The van der Waals surface area contributed by atoms with Crippen LogP contribution in [0.4, 0.5) is 4.79 Å². The molecule has 3 heterocycles. The number of carbonyl (C=O) groups excluding carboxylic acids is 3. The molecule has 164 valence electrons. The summed E-state index contributed by atoms with van der Waals surface area (Å²) in [5, 5.41) is 0. The molecule has 0 aromatic rings. The molecule has 0 N–H and O–H groups in total. The van der Waals surface area contributed by atoms with Crippen LogP contribution in [-0.2, 0) is 14.3 Å². The summed E-state index contributed by atoms with van der Waals surface area (Å²) < 4.78 is 5.42. The largest absolute Gasteiger partial charge is 0.444 e. The molecule has 0 aromatic carbocycles. The Labute approximate surface area is 174 Å². The van der Waals surface area contributed by atoms with Gasteiger partial charge in [-0.3, -0.25) is 14.5 Å². The fourth-order valence-electron chi connectivity index (χ4n) is 4.28. The Kier molecular flexibility index (Phi) is 7.03. The van der Waals surface area contributed by atoms with E-state index in [0.29, 0.717) is 45.6 Å². The van der Waals surface area contributed by atoms with Gasteiger partial charge in [0.25, 0.3) is 0 Å². The van der Waals surface area contributed by atoms with Gasteiger partial charge in [0, 0.05) is 58.3 Å². The van der Waals surface area contributed by atoms with Gasteiger partial charge in [0.15, 0.2) is 0 Å². The first-order chi connectivity index (χ1) is 13.7. The summed E-state index contributed by atoms with van der Waals surface area (Å²) in [5.74, 6) is 0.391. The summed E-state index contributed by atoms with van der Waals surface area (Å²) in [6.45, 7) is 11.8. The molecule has 0 spiro atoms. The van der Waals surface area contributed by atoms with Gasteiger partial charge in [0.05, 0.1) is 6.54 Å². The second kappa shape index (κ2) is 9.32. The Morgan fingerprint density at radius 3 is 1.93 bits per heavy atom. The van der Waals surface area contributed by atoms with Crippen LogP contribution in [0.15, 0.2) is 0 Å². The lowest BCUT2D eigenvalue weighted by atomic mass is 9.95. The molecule has 3 rings (SSSR count). The van der Waals surface area contributed by atoms with Crippen LogP contribution in [0, 0.1) is 5.92 Å². The molecule has 29 heavy (non-hydrogen) atoms. The topological polar surface area (TPSA) is 73.4 Å². The number of amides is 3. The molecule has 0 aromatic heterocycles. The van der Waals surface area contributed by atoms with Gasteiger partial charge in [-0.1, -0.05) is 0 Å². The summed E-state index contributed by atoms with van der Waals surface area (Å²) in [7, 11) is 0. The Morgan fingerprint density at radius 1 is 0.793 bits per heavy atom. The minimum Gasteiger partial charge on any atom is -0.444 e. The van der Waals surface area contributed by atoms with Gasteiger partial charge in [-0.2, -0.15) is 0 Å². The molecule has 0 atom stereocenters. The number of rotatable bonds is 3. The number of ether oxygens (including phenoxy) is 1. The van der Waals surface area contributed by atoms with Crippen molar-refractivity contribution in [1.29, 1.82) is 0 Å². The highest BCUT2D eigenvalue weighted by atomic mass is 16.6. The van der Waals surface area contributed by atoms with E-state index in [1.807, 2.05) is 30.6 Å². The highest BCUT2D eigenvalue weighted by Crippen LogP contribution is 2.22. The predicted octanol–water partition coefficient (Wildman–Crippen LogP) is 1.40. The van der Waals surface area contributed by atoms with Gasteiger partial charge >= 0.3 is 6.09 Å². The molecule has 0 radical (unpaired) electrons. The van der Waals surface area contributed by atoms with Crippen molar-refractivity contribution in [2.24, 2.45) is 5.92 Å². The van der Waals surface area contributed by atoms with E-state index in [9.17, 15) is 14.4 Å². The summed E-state index contributed by atoms with van der Waals surface area (Å²) in [6.07, 6.45) is 3.30. The van der Waals surface area contributed by atoms with E-state index in [1.54, 1.807) is 4.90 Å². The maximum absolute atomic E-state index is 12.9. The molecule has 0 aliphatic carbocycles. The summed E-state index contributed by atoms with van der Waals surface area (Å²) in [5.41, 5.74) is -0.500. The van der Waals surface area contributed by atoms with Crippen LogP contribution in [0.5, 0.6) is 0 Å². The number of hydrogen-bond donors (Lipinski definition) is 0. The average molecular weight is 409 g/mol. The summed E-state index contributed by atoms with van der Waals surface area (Å²) in [6, 6.07) is 0. The number of carbonyl (C=O) groups is 3. The van der Waals surface area contributed by atoms with E-state index < -0.39 is 5.60 Å². The van der Waals surface area contributed by atoms with Crippen molar-refractivity contribution in [3.63, 3.8) is 0 Å². The fourth-order valence-corrected chi connectivity index (χ4v) is 4.28. The molecular formula is C21H36N4O4. The lowest BCUT2D eigenvalue weighted by molar-refractivity contribution is -0.139. The van der Waals surface area contributed by atoms with E-state index in [4.69, 9.17) is 4.74 Å². The van der Waals surface area contributed by atoms with Gasteiger partial charge in [0.1, 0.15) is 5.60 Å². The lowest BCUT2D eigenvalue weighted by Crippen LogP contribution is -2.53. The Balaban J connectivity index is 1.38. The SMILES string of the molecule is CC(C)(C)OC(=O)N1CCC(C(=O)N2CCN(CC(=O)N3CCCC3)CC2)CC1. The van der Waals surface area contributed by atoms with E-state index in [1.165, 1.54) is 0 Å². The standard InChI is InChI=1S/C21H36N4O4/c1-21(2,3)29-20(28)25-10-6-17(7-11-25)19(27)24-14-12-22(13-15-24)16-18(26)23-8-4-5-9-23/h17H,4-16H2,1-3H3. The molecule has 3 amide bonds. The molecule has 3 aliphatic heterocycles. The second-order valence-corrected chi connectivity index (χ2v) is 9.43. The van der Waals surface area contributed by atoms with Crippen LogP contribution in [0.2, 0.25) is 0 Å². The molecule has 0 bridgehead atoms. The number of hydrogen-bond acceptors (Lipinski definition) is 5. The fraction of sp³-hybridized carbons (Fsp3) is 0.857. The number of likely N-dealkylation sites (tertiary alicyclic amines) is 2. The molecule has 3 aliphatic rings. The van der Waals surface area contributed by atoms with Crippen LogP contribution in [0.3, 0.4) is 0 Å². The molecule has 0 unspecified atom stereocenters.